The van der Waals surface area contributed by atoms with Gasteiger partial charge in [0.15, 0.2) is 5.69 Å². The molecule has 0 saturated heterocycles. The second-order valence-electron chi connectivity index (χ2n) is 3.29. The van der Waals surface area contributed by atoms with Gasteiger partial charge in [-0.25, -0.2) is 19.7 Å². The van der Waals surface area contributed by atoms with Gasteiger partial charge in [-0.3, -0.25) is 4.79 Å². The van der Waals surface area contributed by atoms with Gasteiger partial charge in [0, 0.05) is 12.4 Å². The lowest BCUT2D eigenvalue weighted by molar-refractivity contribution is 0.0690. The molecule has 0 bridgehead atoms. The number of amides is 1. The van der Waals surface area contributed by atoms with Crippen molar-refractivity contribution in [3.8, 4) is 0 Å². The van der Waals surface area contributed by atoms with Gasteiger partial charge in [0.25, 0.3) is 5.91 Å². The molecule has 7 nitrogen and oxygen atoms in total. The number of anilines is 1. The molecule has 0 atom stereocenters. The highest BCUT2D eigenvalue weighted by atomic mass is 16.4. The molecule has 0 unspecified atom stereocenters. The number of hydrogen-bond acceptors (Lipinski definition) is 5. The number of carbonyl (C=O) groups is 2. The highest BCUT2D eigenvalue weighted by molar-refractivity contribution is 6.03. The van der Waals surface area contributed by atoms with Gasteiger partial charge in [-0.05, 0) is 12.1 Å². The topological polar surface area (TPSA) is 105 Å². The number of pyridine rings is 1. The maximum absolute atomic E-state index is 11.7. The van der Waals surface area contributed by atoms with E-state index < -0.39 is 11.9 Å². The van der Waals surface area contributed by atoms with Crippen molar-refractivity contribution in [3.63, 3.8) is 0 Å². The number of rotatable bonds is 3. The number of nitrogens with zero attached hydrogens (tertiary/aromatic N) is 3. The normalized spacial score (nSPS) is 9.78. The first kappa shape index (κ1) is 11.6. The van der Waals surface area contributed by atoms with Crippen molar-refractivity contribution >= 4 is 17.7 Å². The van der Waals surface area contributed by atoms with E-state index in [-0.39, 0.29) is 17.1 Å². The van der Waals surface area contributed by atoms with Crippen LogP contribution in [0.1, 0.15) is 20.8 Å². The van der Waals surface area contributed by atoms with Gasteiger partial charge in [-0.1, -0.05) is 6.07 Å². The van der Waals surface area contributed by atoms with Gasteiger partial charge in [0.2, 0.25) is 0 Å². The number of carboxylic acid groups (broad SMARTS) is 1. The number of hydrogen-bond donors (Lipinski definition) is 2. The average Bonchev–Trinajstić information content (AvgIpc) is 2.40. The lowest BCUT2D eigenvalue weighted by atomic mass is 10.3. The first-order valence-electron chi connectivity index (χ1n) is 4.93. The molecule has 18 heavy (non-hydrogen) atoms. The quantitative estimate of drug-likeness (QED) is 0.828. The van der Waals surface area contributed by atoms with Gasteiger partial charge in [0.1, 0.15) is 12.1 Å². The first-order chi connectivity index (χ1) is 8.66. The molecule has 0 aromatic carbocycles. The van der Waals surface area contributed by atoms with Crippen LogP contribution in [-0.2, 0) is 0 Å². The second-order valence-corrected chi connectivity index (χ2v) is 3.29. The highest BCUT2D eigenvalue weighted by Crippen LogP contribution is 2.06. The third kappa shape index (κ3) is 2.64. The Balaban J connectivity index is 2.17. The first-order valence-corrected chi connectivity index (χ1v) is 4.93. The Morgan fingerprint density at radius 1 is 1.17 bits per heavy atom. The Morgan fingerprint density at radius 3 is 2.56 bits per heavy atom. The fourth-order valence-electron chi connectivity index (χ4n) is 1.23. The molecule has 0 aliphatic heterocycles. The molecule has 0 saturated carbocycles. The van der Waals surface area contributed by atoms with E-state index in [1.807, 2.05) is 0 Å². The molecule has 0 radical (unpaired) electrons. The number of aromatic carboxylic acids is 1. The molecule has 0 fully saturated rings. The lowest BCUT2D eigenvalue weighted by Crippen LogP contribution is -2.14. The fourth-order valence-corrected chi connectivity index (χ4v) is 1.23. The molecule has 2 N–H and O–H groups in total. The summed E-state index contributed by atoms with van der Waals surface area (Å²) >= 11 is 0. The van der Waals surface area contributed by atoms with Crippen LogP contribution in [0.5, 0.6) is 0 Å². The van der Waals surface area contributed by atoms with Crippen molar-refractivity contribution < 1.29 is 14.7 Å². The van der Waals surface area contributed by atoms with E-state index in [0.717, 1.165) is 0 Å². The van der Waals surface area contributed by atoms with Crippen LogP contribution in [0.3, 0.4) is 0 Å². The molecule has 7 heteroatoms. The predicted octanol–water partition coefficient (Wildman–Crippen LogP) is 0.822. The van der Waals surface area contributed by atoms with Crippen molar-refractivity contribution in [2.75, 3.05) is 5.32 Å². The molecule has 2 aromatic heterocycles. The molecule has 2 aromatic rings. The zero-order chi connectivity index (χ0) is 13.0. The van der Waals surface area contributed by atoms with Gasteiger partial charge in [-0.15, -0.1) is 0 Å². The van der Waals surface area contributed by atoms with Gasteiger partial charge >= 0.3 is 5.97 Å². The SMILES string of the molecule is O=C(Nc1cccc(C(=O)O)n1)c1cncnc1. The van der Waals surface area contributed by atoms with E-state index in [0.29, 0.717) is 0 Å². The summed E-state index contributed by atoms with van der Waals surface area (Å²) in [6, 6.07) is 4.32. The second kappa shape index (κ2) is 5.00. The van der Waals surface area contributed by atoms with E-state index in [1.165, 1.54) is 36.9 Å². The number of aromatic nitrogens is 3. The maximum atomic E-state index is 11.7. The van der Waals surface area contributed by atoms with Gasteiger partial charge in [0.05, 0.1) is 5.56 Å². The van der Waals surface area contributed by atoms with E-state index >= 15 is 0 Å². The smallest absolute Gasteiger partial charge is 0.354 e. The Kier molecular flexibility index (Phi) is 3.24. The summed E-state index contributed by atoms with van der Waals surface area (Å²) in [5.74, 6) is -1.46. The number of nitrogens with one attached hydrogen (secondary N) is 1. The third-order valence-electron chi connectivity index (χ3n) is 2.03. The Hall–Kier alpha value is -2.83. The van der Waals surface area contributed by atoms with Crippen LogP contribution in [-0.4, -0.2) is 31.9 Å². The van der Waals surface area contributed by atoms with Crippen molar-refractivity contribution in [2.24, 2.45) is 0 Å². The molecule has 0 aliphatic carbocycles. The third-order valence-corrected chi connectivity index (χ3v) is 2.03. The molecule has 0 spiro atoms. The summed E-state index contributed by atoms with van der Waals surface area (Å²) in [6.45, 7) is 0. The summed E-state index contributed by atoms with van der Waals surface area (Å²) in [7, 11) is 0. The predicted molar refractivity (Wildman–Crippen MR) is 61.2 cm³/mol. The van der Waals surface area contributed by atoms with Crippen LogP contribution in [0.15, 0.2) is 36.9 Å². The maximum Gasteiger partial charge on any atom is 0.354 e. The minimum atomic E-state index is -1.16. The molecule has 2 heterocycles. The average molecular weight is 244 g/mol. The highest BCUT2D eigenvalue weighted by Gasteiger charge is 2.09. The van der Waals surface area contributed by atoms with Crippen molar-refractivity contribution in [1.29, 1.82) is 0 Å². The summed E-state index contributed by atoms with van der Waals surface area (Å²) < 4.78 is 0. The van der Waals surface area contributed by atoms with Crippen molar-refractivity contribution in [2.45, 2.75) is 0 Å². The zero-order valence-corrected chi connectivity index (χ0v) is 9.07. The summed E-state index contributed by atoms with van der Waals surface area (Å²) in [4.78, 5) is 33.6. The summed E-state index contributed by atoms with van der Waals surface area (Å²) in [5.41, 5.74) is 0.122. The largest absolute Gasteiger partial charge is 0.477 e. The van der Waals surface area contributed by atoms with E-state index in [2.05, 4.69) is 20.3 Å². The van der Waals surface area contributed by atoms with E-state index in [9.17, 15) is 9.59 Å². The van der Waals surface area contributed by atoms with Crippen LogP contribution in [0.4, 0.5) is 5.82 Å². The number of carboxylic acids is 1. The van der Waals surface area contributed by atoms with E-state index in [4.69, 9.17) is 5.11 Å². The molecular weight excluding hydrogens is 236 g/mol. The Bertz CT molecular complexity index is 586. The molecule has 0 aliphatic rings. The molecule has 2 rings (SSSR count). The molecule has 90 valence electrons. The number of carbonyl (C=O) groups excluding carboxylic acids is 1. The van der Waals surface area contributed by atoms with Gasteiger partial charge in [-0.2, -0.15) is 0 Å². The van der Waals surface area contributed by atoms with Crippen LogP contribution >= 0.6 is 0 Å². The van der Waals surface area contributed by atoms with Crippen LogP contribution < -0.4 is 5.32 Å². The van der Waals surface area contributed by atoms with Crippen molar-refractivity contribution in [1.82, 2.24) is 15.0 Å². The van der Waals surface area contributed by atoms with Crippen LogP contribution in [0.2, 0.25) is 0 Å². The standard InChI is InChI=1S/C11H8N4O3/c16-10(7-4-12-6-13-5-7)15-9-3-1-2-8(14-9)11(17)18/h1-6H,(H,17,18)(H,14,15,16). The van der Waals surface area contributed by atoms with Crippen molar-refractivity contribution in [3.05, 3.63) is 48.2 Å². The van der Waals surface area contributed by atoms with Gasteiger partial charge < -0.3 is 10.4 Å². The van der Waals surface area contributed by atoms with Crippen LogP contribution in [0, 0.1) is 0 Å². The lowest BCUT2D eigenvalue weighted by Gasteiger charge is -2.04. The monoisotopic (exact) mass is 244 g/mol. The van der Waals surface area contributed by atoms with E-state index in [1.54, 1.807) is 0 Å². The molecular formula is C11H8N4O3. The Morgan fingerprint density at radius 2 is 1.89 bits per heavy atom. The zero-order valence-electron chi connectivity index (χ0n) is 9.07. The minimum Gasteiger partial charge on any atom is -0.477 e. The summed E-state index contributed by atoms with van der Waals surface area (Å²) in [5, 5.41) is 11.2. The van der Waals surface area contributed by atoms with Crippen LogP contribution in [0.25, 0.3) is 0 Å². The Labute approximate surface area is 102 Å². The summed E-state index contributed by atoms with van der Waals surface area (Å²) in [6.07, 6.45) is 4.01. The minimum absolute atomic E-state index is 0.142. The molecule has 1 amide bonds. The fraction of sp³-hybridized carbons (Fsp3) is 0.